The van der Waals surface area contributed by atoms with Gasteiger partial charge >= 0.3 is 57.4 Å². The Morgan fingerprint density at radius 2 is 1.50 bits per heavy atom. The van der Waals surface area contributed by atoms with Gasteiger partial charge in [-0.1, -0.05) is 46.0 Å². The standard InChI is InChI=1S/C19H37NO5.K/c1-17(2)9-6-4-3-5-7-15-25-16-8-12-20(13-10-18(21)22)14-11-19(23)24;/h17H,3-16H2,1-2H3,(H,21,22)(H,23,24);/q;+1/p-1. The molecule has 0 aromatic carbocycles. The van der Waals surface area contributed by atoms with Crippen molar-refractivity contribution in [2.75, 3.05) is 32.8 Å². The molecule has 0 unspecified atom stereocenters. The van der Waals surface area contributed by atoms with Gasteiger partial charge < -0.3 is 24.6 Å². The zero-order valence-electron chi connectivity index (χ0n) is 17.0. The van der Waals surface area contributed by atoms with Crippen molar-refractivity contribution in [2.24, 2.45) is 5.92 Å². The van der Waals surface area contributed by atoms with Crippen molar-refractivity contribution < 1.29 is 75.9 Å². The topological polar surface area (TPSA) is 89.9 Å². The number of carboxylic acids is 2. The Labute approximate surface area is 201 Å². The van der Waals surface area contributed by atoms with Crippen molar-refractivity contribution >= 4 is 11.9 Å². The Morgan fingerprint density at radius 1 is 0.923 bits per heavy atom. The number of aliphatic carboxylic acids is 2. The predicted octanol–water partition coefficient (Wildman–Crippen LogP) is -0.690. The number of nitrogens with zero attached hydrogens (tertiary/aromatic N) is 1. The molecule has 0 heterocycles. The maximum atomic E-state index is 10.6. The van der Waals surface area contributed by atoms with E-state index in [0.29, 0.717) is 26.2 Å². The maximum Gasteiger partial charge on any atom is 1.00 e. The summed E-state index contributed by atoms with van der Waals surface area (Å²) in [7, 11) is 0. The van der Waals surface area contributed by atoms with E-state index in [2.05, 4.69) is 13.8 Å². The predicted molar refractivity (Wildman–Crippen MR) is 96.3 cm³/mol. The van der Waals surface area contributed by atoms with E-state index < -0.39 is 11.9 Å². The first-order valence-corrected chi connectivity index (χ1v) is 9.63. The fourth-order valence-electron chi connectivity index (χ4n) is 2.62. The third-order valence-electron chi connectivity index (χ3n) is 4.11. The SMILES string of the molecule is CC(C)CCCCCCCOCCCN(CCC(=O)[O-])CCC(=O)O.[K+]. The number of rotatable bonds is 18. The smallest absolute Gasteiger partial charge is 0.550 e. The van der Waals surface area contributed by atoms with E-state index in [1.807, 2.05) is 4.90 Å². The summed E-state index contributed by atoms with van der Waals surface area (Å²) in [5, 5.41) is 19.3. The minimum absolute atomic E-state index is 0. The van der Waals surface area contributed by atoms with Crippen molar-refractivity contribution in [1.29, 1.82) is 0 Å². The quantitative estimate of drug-likeness (QED) is 0.243. The van der Waals surface area contributed by atoms with Crippen LogP contribution < -0.4 is 56.5 Å². The van der Waals surface area contributed by atoms with E-state index in [9.17, 15) is 14.7 Å². The molecule has 0 saturated heterocycles. The summed E-state index contributed by atoms with van der Waals surface area (Å²) in [6.45, 7) is 7.24. The molecule has 1 N–H and O–H groups in total. The van der Waals surface area contributed by atoms with Crippen LogP contribution in [0.2, 0.25) is 0 Å². The molecule has 0 fully saturated rings. The van der Waals surface area contributed by atoms with Crippen LogP contribution in [-0.4, -0.2) is 54.8 Å². The number of carbonyl (C=O) groups is 2. The molecule has 0 saturated carbocycles. The molecule has 0 aliphatic rings. The third-order valence-corrected chi connectivity index (χ3v) is 4.11. The second kappa shape index (κ2) is 20.2. The Morgan fingerprint density at radius 3 is 2.12 bits per heavy atom. The summed E-state index contributed by atoms with van der Waals surface area (Å²) in [5.74, 6) is -1.18. The zero-order valence-corrected chi connectivity index (χ0v) is 20.1. The first-order valence-electron chi connectivity index (χ1n) is 9.63. The van der Waals surface area contributed by atoms with E-state index in [1.165, 1.54) is 32.1 Å². The monoisotopic (exact) mass is 397 g/mol. The minimum Gasteiger partial charge on any atom is -0.550 e. The fourth-order valence-corrected chi connectivity index (χ4v) is 2.62. The number of carbonyl (C=O) groups excluding carboxylic acids is 1. The summed E-state index contributed by atoms with van der Waals surface area (Å²) in [6, 6.07) is 0. The molecule has 0 spiro atoms. The van der Waals surface area contributed by atoms with E-state index in [4.69, 9.17) is 9.84 Å². The average Bonchev–Trinajstić information content (AvgIpc) is 2.53. The number of ether oxygens (including phenoxy) is 1. The van der Waals surface area contributed by atoms with Gasteiger partial charge in [0.25, 0.3) is 0 Å². The van der Waals surface area contributed by atoms with Crippen molar-refractivity contribution in [1.82, 2.24) is 4.90 Å². The van der Waals surface area contributed by atoms with Crippen LogP contribution >= 0.6 is 0 Å². The Balaban J connectivity index is 0. The molecule has 0 rings (SSSR count). The second-order valence-corrected chi connectivity index (χ2v) is 7.02. The van der Waals surface area contributed by atoms with Crippen molar-refractivity contribution in [2.45, 2.75) is 71.6 Å². The van der Waals surface area contributed by atoms with Gasteiger partial charge in [0.1, 0.15) is 0 Å². The molecule has 0 aliphatic carbocycles. The number of unbranched alkanes of at least 4 members (excludes halogenated alkanes) is 4. The molecule has 6 nitrogen and oxygen atoms in total. The molecule has 0 amide bonds. The van der Waals surface area contributed by atoms with Crippen molar-refractivity contribution in [3.8, 4) is 0 Å². The van der Waals surface area contributed by atoms with Gasteiger partial charge in [-0.3, -0.25) is 4.79 Å². The van der Waals surface area contributed by atoms with Crippen LogP contribution in [0.4, 0.5) is 0 Å². The molecule has 26 heavy (non-hydrogen) atoms. The zero-order chi connectivity index (χ0) is 18.9. The Kier molecular flexibility index (Phi) is 22.3. The van der Waals surface area contributed by atoms with Gasteiger partial charge in [-0.2, -0.15) is 0 Å². The second-order valence-electron chi connectivity index (χ2n) is 7.02. The van der Waals surface area contributed by atoms with Gasteiger partial charge in [-0.25, -0.2) is 0 Å². The van der Waals surface area contributed by atoms with Crippen molar-refractivity contribution in [3.05, 3.63) is 0 Å². The Hall–Kier alpha value is 0.496. The normalized spacial score (nSPS) is 10.9. The van der Waals surface area contributed by atoms with Gasteiger partial charge in [0.2, 0.25) is 0 Å². The molecular formula is C19H36KNO5. The molecule has 0 aliphatic heterocycles. The van der Waals surface area contributed by atoms with E-state index in [0.717, 1.165) is 25.4 Å². The number of hydrogen-bond acceptors (Lipinski definition) is 5. The molecule has 0 radical (unpaired) electrons. The number of hydrogen-bond donors (Lipinski definition) is 1. The molecule has 0 aromatic heterocycles. The average molecular weight is 398 g/mol. The fraction of sp³-hybridized carbons (Fsp3) is 0.895. The van der Waals surface area contributed by atoms with E-state index >= 15 is 0 Å². The van der Waals surface area contributed by atoms with Gasteiger partial charge in [0.05, 0.1) is 6.42 Å². The van der Waals surface area contributed by atoms with Crippen LogP contribution in [0.5, 0.6) is 0 Å². The summed E-state index contributed by atoms with van der Waals surface area (Å²) >= 11 is 0. The van der Waals surface area contributed by atoms with Crippen LogP contribution in [0, 0.1) is 5.92 Å². The van der Waals surface area contributed by atoms with Gasteiger partial charge in [0, 0.05) is 38.8 Å². The summed E-state index contributed by atoms with van der Waals surface area (Å²) in [5.41, 5.74) is 0. The summed E-state index contributed by atoms with van der Waals surface area (Å²) in [6.07, 6.45) is 8.20. The summed E-state index contributed by atoms with van der Waals surface area (Å²) in [4.78, 5) is 23.0. The van der Waals surface area contributed by atoms with Crippen LogP contribution in [0.3, 0.4) is 0 Å². The minimum atomic E-state index is -1.11. The van der Waals surface area contributed by atoms with E-state index in [1.54, 1.807) is 0 Å². The first-order chi connectivity index (χ1) is 11.9. The van der Waals surface area contributed by atoms with Crippen LogP contribution in [-0.2, 0) is 14.3 Å². The van der Waals surface area contributed by atoms with Crippen molar-refractivity contribution in [3.63, 3.8) is 0 Å². The number of carboxylic acid groups (broad SMARTS) is 2. The van der Waals surface area contributed by atoms with Crippen LogP contribution in [0.15, 0.2) is 0 Å². The summed E-state index contributed by atoms with van der Waals surface area (Å²) < 4.78 is 5.61. The maximum absolute atomic E-state index is 10.6. The molecule has 148 valence electrons. The Bertz CT molecular complexity index is 335. The first kappa shape index (κ1) is 28.7. The third kappa shape index (κ3) is 22.5. The molecule has 0 atom stereocenters. The molecule has 0 aromatic rings. The van der Waals surface area contributed by atoms with Crippen LogP contribution in [0.1, 0.15) is 71.6 Å². The molecule has 0 bridgehead atoms. The van der Waals surface area contributed by atoms with Gasteiger partial charge in [0.15, 0.2) is 0 Å². The van der Waals surface area contributed by atoms with Gasteiger partial charge in [-0.15, -0.1) is 0 Å². The molecular weight excluding hydrogens is 361 g/mol. The van der Waals surface area contributed by atoms with Crippen LogP contribution in [0.25, 0.3) is 0 Å². The largest absolute Gasteiger partial charge is 1.00 e. The molecule has 7 heteroatoms. The van der Waals surface area contributed by atoms with Gasteiger partial charge in [-0.05, 0) is 25.2 Å². The van der Waals surface area contributed by atoms with E-state index in [-0.39, 0.29) is 64.2 Å².